The van der Waals surface area contributed by atoms with Crippen LogP contribution in [0.3, 0.4) is 0 Å². The minimum absolute atomic E-state index is 0.0209. The second-order valence-corrected chi connectivity index (χ2v) is 8.42. The summed E-state index contributed by atoms with van der Waals surface area (Å²) in [6.45, 7) is 2.44. The van der Waals surface area contributed by atoms with Gasteiger partial charge in [-0.25, -0.2) is 0 Å². The molecule has 2 fully saturated rings. The van der Waals surface area contributed by atoms with Gasteiger partial charge >= 0.3 is 0 Å². The van der Waals surface area contributed by atoms with Crippen molar-refractivity contribution in [1.82, 2.24) is 9.80 Å². The molecule has 1 N–H and O–H groups in total. The Kier molecular flexibility index (Phi) is 5.94. The van der Waals surface area contributed by atoms with Gasteiger partial charge in [-0.2, -0.15) is 0 Å². The van der Waals surface area contributed by atoms with Gasteiger partial charge in [-0.15, -0.1) is 0 Å². The van der Waals surface area contributed by atoms with Gasteiger partial charge in [0.2, 0.25) is 17.7 Å². The summed E-state index contributed by atoms with van der Waals surface area (Å²) in [5.74, 6) is 0.725. The second-order valence-electron chi connectivity index (χ2n) is 8.42. The molecule has 8 heteroatoms. The Morgan fingerprint density at radius 3 is 2.53 bits per heavy atom. The van der Waals surface area contributed by atoms with E-state index in [4.69, 9.17) is 9.47 Å². The van der Waals surface area contributed by atoms with Crippen LogP contribution in [-0.2, 0) is 19.1 Å². The molecule has 0 saturated carbocycles. The van der Waals surface area contributed by atoms with Crippen LogP contribution < -0.4 is 10.1 Å². The van der Waals surface area contributed by atoms with E-state index in [1.807, 2.05) is 29.2 Å². The highest BCUT2D eigenvalue weighted by Crippen LogP contribution is 2.38. The summed E-state index contributed by atoms with van der Waals surface area (Å²) in [5, 5.41) is 2.92. The smallest absolute Gasteiger partial charge is 0.248 e. The van der Waals surface area contributed by atoms with Gasteiger partial charge in [-0.1, -0.05) is 12.1 Å². The number of anilines is 1. The van der Waals surface area contributed by atoms with Gasteiger partial charge in [0.15, 0.2) is 0 Å². The number of hydrogen-bond acceptors (Lipinski definition) is 5. The SMILES string of the molecule is COCC(=O)N1CCC(C(=O)N2CCC3(CC2)CC(=O)Nc2ccccc2O3)CC1. The average molecular weight is 415 g/mol. The Morgan fingerprint density at radius 1 is 1.13 bits per heavy atom. The van der Waals surface area contributed by atoms with E-state index in [0.29, 0.717) is 69.7 Å². The third kappa shape index (κ3) is 4.28. The van der Waals surface area contributed by atoms with Crippen molar-refractivity contribution in [3.8, 4) is 5.75 Å². The molecule has 1 aromatic rings. The fourth-order valence-electron chi connectivity index (χ4n) is 4.68. The normalized spacial score (nSPS) is 21.4. The molecule has 2 saturated heterocycles. The number of amides is 3. The molecule has 3 aliphatic heterocycles. The van der Waals surface area contributed by atoms with E-state index in [1.54, 1.807) is 4.90 Å². The zero-order valence-corrected chi connectivity index (χ0v) is 17.4. The minimum atomic E-state index is -0.566. The molecule has 1 aromatic carbocycles. The van der Waals surface area contributed by atoms with Crippen molar-refractivity contribution in [3.05, 3.63) is 24.3 Å². The van der Waals surface area contributed by atoms with Crippen LogP contribution in [0.1, 0.15) is 32.1 Å². The molecule has 0 radical (unpaired) electrons. The maximum atomic E-state index is 13.0. The van der Waals surface area contributed by atoms with E-state index in [0.717, 1.165) is 0 Å². The fourth-order valence-corrected chi connectivity index (χ4v) is 4.68. The first-order valence-electron chi connectivity index (χ1n) is 10.6. The first-order chi connectivity index (χ1) is 14.5. The van der Waals surface area contributed by atoms with E-state index in [9.17, 15) is 14.4 Å². The Balaban J connectivity index is 1.34. The predicted octanol–water partition coefficient (Wildman–Crippen LogP) is 1.65. The number of piperidine rings is 2. The fraction of sp³-hybridized carbons (Fsp3) is 0.591. The first-order valence-corrected chi connectivity index (χ1v) is 10.6. The van der Waals surface area contributed by atoms with Gasteiger partial charge in [-0.05, 0) is 25.0 Å². The third-order valence-electron chi connectivity index (χ3n) is 6.42. The molecule has 0 atom stereocenters. The van der Waals surface area contributed by atoms with Gasteiger partial charge in [-0.3, -0.25) is 14.4 Å². The van der Waals surface area contributed by atoms with Crippen LogP contribution in [0.2, 0.25) is 0 Å². The van der Waals surface area contributed by atoms with Crippen LogP contribution >= 0.6 is 0 Å². The number of rotatable bonds is 3. The van der Waals surface area contributed by atoms with Crippen LogP contribution in [0.25, 0.3) is 0 Å². The Bertz CT molecular complexity index is 811. The van der Waals surface area contributed by atoms with Crippen LogP contribution in [0, 0.1) is 5.92 Å². The summed E-state index contributed by atoms with van der Waals surface area (Å²) in [5.41, 5.74) is 0.135. The number of ether oxygens (including phenoxy) is 2. The molecule has 0 bridgehead atoms. The van der Waals surface area contributed by atoms with Crippen molar-refractivity contribution in [2.75, 3.05) is 45.2 Å². The van der Waals surface area contributed by atoms with Crippen molar-refractivity contribution in [1.29, 1.82) is 0 Å². The molecular weight excluding hydrogens is 386 g/mol. The van der Waals surface area contributed by atoms with Crippen LogP contribution in [0.4, 0.5) is 5.69 Å². The number of carbonyl (C=O) groups is 3. The lowest BCUT2D eigenvalue weighted by Crippen LogP contribution is -2.53. The van der Waals surface area contributed by atoms with Gasteiger partial charge in [0.1, 0.15) is 18.0 Å². The molecule has 3 aliphatic rings. The predicted molar refractivity (Wildman–Crippen MR) is 110 cm³/mol. The number of carbonyl (C=O) groups excluding carboxylic acids is 3. The summed E-state index contributed by atoms with van der Waals surface area (Å²) in [6.07, 6.45) is 2.92. The molecule has 0 aromatic heterocycles. The highest BCUT2D eigenvalue weighted by atomic mass is 16.5. The lowest BCUT2D eigenvalue weighted by molar-refractivity contribution is -0.145. The molecule has 0 aliphatic carbocycles. The number of methoxy groups -OCH3 is 1. The average Bonchev–Trinajstić information content (AvgIpc) is 2.89. The van der Waals surface area contributed by atoms with E-state index in [2.05, 4.69) is 5.32 Å². The molecule has 0 unspecified atom stereocenters. The van der Waals surface area contributed by atoms with Crippen molar-refractivity contribution in [2.45, 2.75) is 37.7 Å². The summed E-state index contributed by atoms with van der Waals surface area (Å²) in [4.78, 5) is 41.1. The molecule has 3 amide bonds. The lowest BCUT2D eigenvalue weighted by atomic mass is 9.86. The molecule has 30 heavy (non-hydrogen) atoms. The van der Waals surface area contributed by atoms with E-state index < -0.39 is 5.60 Å². The molecule has 8 nitrogen and oxygen atoms in total. The Hall–Kier alpha value is -2.61. The van der Waals surface area contributed by atoms with Crippen LogP contribution in [-0.4, -0.2) is 73.0 Å². The Labute approximate surface area is 176 Å². The van der Waals surface area contributed by atoms with Gasteiger partial charge in [0, 0.05) is 52.0 Å². The summed E-state index contributed by atoms with van der Waals surface area (Å²) in [7, 11) is 1.51. The zero-order valence-electron chi connectivity index (χ0n) is 17.4. The maximum Gasteiger partial charge on any atom is 0.248 e. The number of para-hydroxylation sites is 2. The number of nitrogens with one attached hydrogen (secondary N) is 1. The number of benzene rings is 1. The number of likely N-dealkylation sites (tertiary alicyclic amines) is 2. The summed E-state index contributed by atoms with van der Waals surface area (Å²) < 4.78 is 11.2. The van der Waals surface area contributed by atoms with Crippen molar-refractivity contribution in [2.24, 2.45) is 5.92 Å². The standard InChI is InChI=1S/C22H29N3O5/c1-29-15-20(27)24-10-6-16(7-11-24)21(28)25-12-8-22(9-13-25)14-19(26)23-17-4-2-3-5-18(17)30-22/h2-5,16H,6-15H2,1H3,(H,23,26). The van der Waals surface area contributed by atoms with Gasteiger partial charge < -0.3 is 24.6 Å². The molecule has 4 rings (SSSR count). The quantitative estimate of drug-likeness (QED) is 0.811. The third-order valence-corrected chi connectivity index (χ3v) is 6.42. The summed E-state index contributed by atoms with van der Waals surface area (Å²) in [6, 6.07) is 7.48. The highest BCUT2D eigenvalue weighted by Gasteiger charge is 2.43. The maximum absolute atomic E-state index is 13.0. The van der Waals surface area contributed by atoms with Crippen molar-refractivity contribution >= 4 is 23.4 Å². The van der Waals surface area contributed by atoms with Gasteiger partial charge in [0.05, 0.1) is 12.1 Å². The first kappa shape index (κ1) is 20.7. The van der Waals surface area contributed by atoms with Crippen molar-refractivity contribution < 1.29 is 23.9 Å². The Morgan fingerprint density at radius 2 is 1.83 bits per heavy atom. The van der Waals surface area contributed by atoms with E-state index >= 15 is 0 Å². The van der Waals surface area contributed by atoms with E-state index in [-0.39, 0.29) is 30.2 Å². The van der Waals surface area contributed by atoms with E-state index in [1.165, 1.54) is 7.11 Å². The monoisotopic (exact) mass is 415 g/mol. The highest BCUT2D eigenvalue weighted by molar-refractivity contribution is 5.93. The minimum Gasteiger partial charge on any atom is -0.484 e. The topological polar surface area (TPSA) is 88.2 Å². The van der Waals surface area contributed by atoms with Crippen LogP contribution in [0.5, 0.6) is 5.75 Å². The van der Waals surface area contributed by atoms with Crippen molar-refractivity contribution in [3.63, 3.8) is 0 Å². The number of hydrogen-bond donors (Lipinski definition) is 1. The summed E-state index contributed by atoms with van der Waals surface area (Å²) >= 11 is 0. The molecule has 162 valence electrons. The number of fused-ring (bicyclic) bond motifs is 1. The van der Waals surface area contributed by atoms with Gasteiger partial charge in [0.25, 0.3) is 0 Å². The largest absolute Gasteiger partial charge is 0.484 e. The molecular formula is C22H29N3O5. The lowest BCUT2D eigenvalue weighted by Gasteiger charge is -2.42. The second kappa shape index (κ2) is 8.63. The van der Waals surface area contributed by atoms with Crippen LogP contribution in [0.15, 0.2) is 24.3 Å². The molecule has 3 heterocycles. The zero-order chi connectivity index (χ0) is 21.1. The molecule has 1 spiro atoms. The number of nitrogens with zero attached hydrogens (tertiary/aromatic N) is 2.